The maximum atomic E-state index is 10.0. The van der Waals surface area contributed by atoms with Crippen LogP contribution in [-0.4, -0.2) is 7.71 Å². The first-order valence-electron chi connectivity index (χ1n) is 2.01. The summed E-state index contributed by atoms with van der Waals surface area (Å²) in [6, 6.07) is 0. The molecule has 0 radical (unpaired) electrons. The molecule has 1 nitrogen and oxygen atoms in total. The summed E-state index contributed by atoms with van der Waals surface area (Å²) < 4.78 is -0.114. The number of allylic oxidation sites excluding steroid dienone is 1. The molecule has 0 amide bonds. The molecule has 8 heavy (non-hydrogen) atoms. The van der Waals surface area contributed by atoms with Gasteiger partial charge in [0.15, 0.2) is 0 Å². The lowest BCUT2D eigenvalue weighted by molar-refractivity contribution is -0.104. The van der Waals surface area contributed by atoms with Gasteiger partial charge in [0.2, 0.25) is 0 Å². The van der Waals surface area contributed by atoms with Crippen LogP contribution in [0.4, 0.5) is 0 Å². The number of hydrogen-bond donors (Lipinski definition) is 0. The monoisotopic (exact) mass is 336 g/mol. The highest BCUT2D eigenvalue weighted by atomic mass is 127. The summed E-state index contributed by atoms with van der Waals surface area (Å²) in [4.78, 5) is 10.0. The Bertz CT molecular complexity index is 112. The quantitative estimate of drug-likeness (QED) is 0.327. The molecular weight excluding hydrogens is 330 g/mol. The lowest BCUT2D eigenvalue weighted by Crippen LogP contribution is -2.07. The van der Waals surface area contributed by atoms with E-state index in [1.807, 2.05) is 6.92 Å². The van der Waals surface area contributed by atoms with Crippen molar-refractivity contribution in [2.24, 2.45) is 0 Å². The molecule has 0 spiro atoms. The van der Waals surface area contributed by atoms with Crippen LogP contribution in [0.5, 0.6) is 0 Å². The number of alkyl halides is 2. The van der Waals surface area contributed by atoms with Crippen molar-refractivity contribution in [2.45, 2.75) is 8.35 Å². The Balaban J connectivity index is 4.02. The van der Waals surface area contributed by atoms with E-state index in [1.54, 1.807) is 0 Å². The fourth-order valence-corrected chi connectivity index (χ4v) is 0.358. The van der Waals surface area contributed by atoms with Gasteiger partial charge in [-0.15, -0.1) is 0 Å². The van der Waals surface area contributed by atoms with Crippen LogP contribution < -0.4 is 0 Å². The van der Waals surface area contributed by atoms with Gasteiger partial charge in [0.05, 0.1) is 1.43 Å². The predicted octanol–water partition coefficient (Wildman–Crippen LogP) is 2.33. The van der Waals surface area contributed by atoms with E-state index in [4.69, 9.17) is 0 Å². The molecule has 0 aromatic rings. The molecule has 0 bridgehead atoms. The van der Waals surface area contributed by atoms with Crippen LogP contribution in [0.3, 0.4) is 0 Å². The molecule has 0 heterocycles. The van der Waals surface area contributed by atoms with Gasteiger partial charge < -0.3 is 0 Å². The molecule has 0 aliphatic carbocycles. The largest absolute Gasteiger partial charge is 0.298 e. The van der Waals surface area contributed by atoms with E-state index in [1.165, 1.54) is 0 Å². The van der Waals surface area contributed by atoms with Gasteiger partial charge in [0, 0.05) is 5.57 Å². The van der Waals surface area contributed by atoms with Crippen LogP contribution in [0.25, 0.3) is 0 Å². The fourth-order valence-electron chi connectivity index (χ4n) is 0.103. The van der Waals surface area contributed by atoms with Crippen molar-refractivity contribution in [3.8, 4) is 0 Å². The van der Waals surface area contributed by atoms with Gasteiger partial charge in [0.25, 0.3) is 0 Å². The minimum Gasteiger partial charge on any atom is -0.298 e. The van der Waals surface area contributed by atoms with Crippen molar-refractivity contribution in [2.75, 3.05) is 0 Å². The summed E-state index contributed by atoms with van der Waals surface area (Å²) in [5.74, 6) is 0. The maximum absolute atomic E-state index is 10.0. The van der Waals surface area contributed by atoms with Crippen molar-refractivity contribution in [1.29, 1.82) is 0 Å². The predicted molar refractivity (Wildman–Crippen MR) is 51.6 cm³/mol. The third kappa shape index (κ3) is 3.01. The third-order valence-electron chi connectivity index (χ3n) is 0.706. The lowest BCUT2D eigenvalue weighted by Gasteiger charge is -2.10. The Morgan fingerprint density at radius 1 is 1.75 bits per heavy atom. The summed E-state index contributed by atoms with van der Waals surface area (Å²) in [7, 11) is 0. The van der Waals surface area contributed by atoms with Crippen molar-refractivity contribution >= 4 is 51.5 Å². The van der Waals surface area contributed by atoms with Crippen LogP contribution in [-0.2, 0) is 4.79 Å². The SMILES string of the molecule is C=C(C=O)C(C)(I)I. The molecule has 0 fully saturated rings. The highest BCUT2D eigenvalue weighted by Crippen LogP contribution is 2.32. The van der Waals surface area contributed by atoms with Crippen LogP contribution in [0, 0.1) is 0 Å². The topological polar surface area (TPSA) is 17.1 Å². The standard InChI is InChI=1S/C5H6I2O/c1-4(3-8)5(2,6)7/h3H,1H2,2H3. The van der Waals surface area contributed by atoms with E-state index in [0.29, 0.717) is 5.57 Å². The Labute approximate surface area is 76.2 Å². The second kappa shape index (κ2) is 3.14. The highest BCUT2D eigenvalue weighted by molar-refractivity contribution is 14.2. The van der Waals surface area contributed by atoms with Gasteiger partial charge in [-0.25, -0.2) is 0 Å². The van der Waals surface area contributed by atoms with E-state index in [0.717, 1.165) is 6.29 Å². The minimum atomic E-state index is -0.114. The highest BCUT2D eigenvalue weighted by Gasteiger charge is 2.17. The summed E-state index contributed by atoms with van der Waals surface area (Å²) in [6.07, 6.45) is 0.791. The van der Waals surface area contributed by atoms with Gasteiger partial charge in [-0.05, 0) is 6.92 Å². The molecule has 0 aromatic heterocycles. The first kappa shape index (κ1) is 8.87. The first-order chi connectivity index (χ1) is 3.48. The van der Waals surface area contributed by atoms with Crippen LogP contribution in [0.15, 0.2) is 12.2 Å². The number of hydrogen-bond acceptors (Lipinski definition) is 1. The third-order valence-corrected chi connectivity index (χ3v) is 2.09. The Kier molecular flexibility index (Phi) is 3.49. The number of aldehydes is 1. The van der Waals surface area contributed by atoms with E-state index in [9.17, 15) is 4.79 Å². The molecular formula is C5H6I2O. The number of carbonyl (C=O) groups is 1. The van der Waals surface area contributed by atoms with Crippen molar-refractivity contribution in [3.05, 3.63) is 12.2 Å². The van der Waals surface area contributed by atoms with Gasteiger partial charge in [-0.3, -0.25) is 4.79 Å². The Morgan fingerprint density at radius 2 is 2.12 bits per heavy atom. The fraction of sp³-hybridized carbons (Fsp3) is 0.400. The minimum absolute atomic E-state index is 0.114. The van der Waals surface area contributed by atoms with Gasteiger partial charge >= 0.3 is 0 Å². The number of halogens is 2. The zero-order valence-electron chi connectivity index (χ0n) is 4.45. The molecule has 0 aliphatic rings. The van der Waals surface area contributed by atoms with Crippen LogP contribution >= 0.6 is 45.2 Å². The molecule has 0 atom stereocenters. The van der Waals surface area contributed by atoms with Crippen molar-refractivity contribution in [1.82, 2.24) is 0 Å². The summed E-state index contributed by atoms with van der Waals surface area (Å²) in [6.45, 7) is 5.50. The molecule has 0 unspecified atom stereocenters. The number of carbonyl (C=O) groups excluding carboxylic acids is 1. The molecule has 0 saturated heterocycles. The van der Waals surface area contributed by atoms with E-state index in [-0.39, 0.29) is 1.43 Å². The second-order valence-corrected chi connectivity index (χ2v) is 7.91. The lowest BCUT2D eigenvalue weighted by atomic mass is 10.3. The van der Waals surface area contributed by atoms with Crippen molar-refractivity contribution in [3.63, 3.8) is 0 Å². The Hall–Kier alpha value is 0.870. The first-order valence-corrected chi connectivity index (χ1v) is 4.16. The zero-order chi connectivity index (χ0) is 6.78. The van der Waals surface area contributed by atoms with E-state index >= 15 is 0 Å². The summed E-state index contributed by atoms with van der Waals surface area (Å²) >= 11 is 4.32. The van der Waals surface area contributed by atoms with Gasteiger partial charge in [-0.2, -0.15) is 0 Å². The molecule has 46 valence electrons. The zero-order valence-corrected chi connectivity index (χ0v) is 8.76. The maximum Gasteiger partial charge on any atom is 0.147 e. The van der Waals surface area contributed by atoms with Crippen LogP contribution in [0.2, 0.25) is 0 Å². The molecule has 0 N–H and O–H groups in total. The molecule has 0 aromatic carbocycles. The van der Waals surface area contributed by atoms with Crippen molar-refractivity contribution < 1.29 is 4.79 Å². The normalized spacial score (nSPS) is 10.9. The van der Waals surface area contributed by atoms with Crippen LogP contribution in [0.1, 0.15) is 6.92 Å². The van der Waals surface area contributed by atoms with Gasteiger partial charge in [-0.1, -0.05) is 51.8 Å². The average molecular weight is 336 g/mol. The molecule has 0 aliphatic heterocycles. The van der Waals surface area contributed by atoms with Gasteiger partial charge in [0.1, 0.15) is 6.29 Å². The molecule has 3 heteroatoms. The average Bonchev–Trinajstić information content (AvgIpc) is 1.62. The van der Waals surface area contributed by atoms with E-state index < -0.39 is 0 Å². The molecule has 0 rings (SSSR count). The second-order valence-electron chi connectivity index (χ2n) is 1.53. The smallest absolute Gasteiger partial charge is 0.147 e. The Morgan fingerprint density at radius 3 is 2.12 bits per heavy atom. The van der Waals surface area contributed by atoms with E-state index in [2.05, 4.69) is 51.8 Å². The summed E-state index contributed by atoms with van der Waals surface area (Å²) in [5, 5.41) is 0. The molecule has 0 saturated carbocycles. The summed E-state index contributed by atoms with van der Waals surface area (Å²) in [5.41, 5.74) is 0.624. The number of rotatable bonds is 2.